The zero-order valence-electron chi connectivity index (χ0n) is 9.39. The first-order valence-corrected chi connectivity index (χ1v) is 6.14. The van der Waals surface area contributed by atoms with Crippen molar-refractivity contribution in [2.45, 2.75) is 25.1 Å². The van der Waals surface area contributed by atoms with Crippen LogP contribution < -0.4 is 5.32 Å². The van der Waals surface area contributed by atoms with Gasteiger partial charge in [-0.05, 0) is 37.1 Å². The molecule has 4 heteroatoms. The summed E-state index contributed by atoms with van der Waals surface area (Å²) >= 11 is 3.42. The summed E-state index contributed by atoms with van der Waals surface area (Å²) < 4.78 is 13.1. The Bertz CT molecular complexity index is 361. The van der Waals surface area contributed by atoms with Gasteiger partial charge in [-0.1, -0.05) is 22.9 Å². The molecule has 1 aromatic rings. The van der Waals surface area contributed by atoms with E-state index >= 15 is 0 Å². The van der Waals surface area contributed by atoms with E-state index in [1.807, 2.05) is 6.92 Å². The van der Waals surface area contributed by atoms with E-state index in [0.717, 1.165) is 12.0 Å². The highest BCUT2D eigenvalue weighted by atomic mass is 79.9. The molecule has 16 heavy (non-hydrogen) atoms. The van der Waals surface area contributed by atoms with Crippen LogP contribution >= 0.6 is 15.9 Å². The molecule has 0 spiro atoms. The van der Waals surface area contributed by atoms with Crippen LogP contribution in [0.3, 0.4) is 0 Å². The van der Waals surface area contributed by atoms with Crippen LogP contribution in [-0.2, 0) is 0 Å². The van der Waals surface area contributed by atoms with E-state index < -0.39 is 0 Å². The van der Waals surface area contributed by atoms with Gasteiger partial charge in [0.15, 0.2) is 0 Å². The predicted molar refractivity (Wildman–Crippen MR) is 66.5 cm³/mol. The quantitative estimate of drug-likeness (QED) is 0.848. The van der Waals surface area contributed by atoms with Crippen LogP contribution in [0.25, 0.3) is 0 Å². The van der Waals surface area contributed by atoms with Crippen LogP contribution in [0.4, 0.5) is 4.39 Å². The number of alkyl halides is 1. The lowest BCUT2D eigenvalue weighted by atomic mass is 10.1. The Morgan fingerprint density at radius 1 is 1.50 bits per heavy atom. The van der Waals surface area contributed by atoms with Crippen LogP contribution in [0, 0.1) is 12.7 Å². The number of amides is 1. The summed E-state index contributed by atoms with van der Waals surface area (Å²) in [6.45, 7) is 4.34. The van der Waals surface area contributed by atoms with Crippen LogP contribution in [0.1, 0.15) is 29.3 Å². The van der Waals surface area contributed by atoms with Gasteiger partial charge in [0.25, 0.3) is 5.91 Å². The zero-order chi connectivity index (χ0) is 12.1. The van der Waals surface area contributed by atoms with E-state index in [0.29, 0.717) is 12.1 Å². The van der Waals surface area contributed by atoms with Crippen LogP contribution in [0.5, 0.6) is 0 Å². The van der Waals surface area contributed by atoms with E-state index in [4.69, 9.17) is 0 Å². The Morgan fingerprint density at radius 2 is 2.19 bits per heavy atom. The van der Waals surface area contributed by atoms with Crippen LogP contribution in [0.2, 0.25) is 0 Å². The maximum absolute atomic E-state index is 13.1. The van der Waals surface area contributed by atoms with Gasteiger partial charge < -0.3 is 5.32 Å². The molecule has 0 aliphatic rings. The summed E-state index contributed by atoms with van der Waals surface area (Å²) in [5, 5.41) is 2.75. The fraction of sp³-hybridized carbons (Fsp3) is 0.417. The second-order valence-corrected chi connectivity index (χ2v) is 5.03. The Labute approximate surface area is 103 Å². The van der Waals surface area contributed by atoms with Gasteiger partial charge in [-0.3, -0.25) is 4.79 Å². The summed E-state index contributed by atoms with van der Waals surface area (Å²) in [5.74, 6) is -0.614. The minimum absolute atomic E-state index is 0.236. The molecule has 0 bridgehead atoms. The van der Waals surface area contributed by atoms with E-state index in [9.17, 15) is 9.18 Å². The van der Waals surface area contributed by atoms with Crippen molar-refractivity contribution in [1.82, 2.24) is 5.32 Å². The van der Waals surface area contributed by atoms with E-state index in [-0.39, 0.29) is 16.6 Å². The Hall–Kier alpha value is -0.900. The third-order valence-corrected chi connectivity index (χ3v) is 3.20. The summed E-state index contributed by atoms with van der Waals surface area (Å²) in [4.78, 5) is 11.9. The Morgan fingerprint density at radius 3 is 2.75 bits per heavy atom. The number of aryl methyl sites for hydroxylation is 1. The zero-order valence-corrected chi connectivity index (χ0v) is 11.0. The molecule has 1 unspecified atom stereocenters. The number of halogens is 2. The highest BCUT2D eigenvalue weighted by Crippen LogP contribution is 2.09. The molecule has 1 N–H and O–H groups in total. The minimum Gasteiger partial charge on any atom is -0.351 e. The molecule has 0 saturated carbocycles. The topological polar surface area (TPSA) is 29.1 Å². The number of nitrogens with one attached hydrogen (secondary N) is 1. The van der Waals surface area contributed by atoms with E-state index in [2.05, 4.69) is 21.2 Å². The van der Waals surface area contributed by atoms with Crippen LogP contribution in [0.15, 0.2) is 18.2 Å². The van der Waals surface area contributed by atoms with Gasteiger partial charge in [0.2, 0.25) is 0 Å². The maximum atomic E-state index is 13.1. The molecule has 1 rings (SSSR count). The lowest BCUT2D eigenvalue weighted by molar-refractivity contribution is 0.0953. The van der Waals surface area contributed by atoms with Crippen molar-refractivity contribution in [1.29, 1.82) is 0 Å². The molecule has 0 aliphatic carbocycles. The van der Waals surface area contributed by atoms with Crippen LogP contribution in [-0.4, -0.2) is 17.3 Å². The first kappa shape index (κ1) is 13.2. The molecule has 0 aromatic heterocycles. The van der Waals surface area contributed by atoms with Crippen molar-refractivity contribution in [3.8, 4) is 0 Å². The maximum Gasteiger partial charge on any atom is 0.251 e. The first-order valence-electron chi connectivity index (χ1n) is 5.22. The minimum atomic E-state index is -0.379. The van der Waals surface area contributed by atoms with Gasteiger partial charge in [-0.2, -0.15) is 0 Å². The smallest absolute Gasteiger partial charge is 0.251 e. The number of carbonyl (C=O) groups excluding carboxylic acids is 1. The highest BCUT2D eigenvalue weighted by molar-refractivity contribution is 9.09. The summed E-state index contributed by atoms with van der Waals surface area (Å²) in [5.41, 5.74) is 1.12. The van der Waals surface area contributed by atoms with E-state index in [1.165, 1.54) is 12.1 Å². The molecule has 88 valence electrons. The largest absolute Gasteiger partial charge is 0.351 e. The monoisotopic (exact) mass is 287 g/mol. The van der Waals surface area contributed by atoms with E-state index in [1.54, 1.807) is 13.0 Å². The highest BCUT2D eigenvalue weighted by Gasteiger charge is 2.09. The number of rotatable bonds is 4. The number of hydrogen-bond donors (Lipinski definition) is 1. The Kier molecular flexibility index (Phi) is 4.93. The predicted octanol–water partition coefficient (Wildman–Crippen LogP) is 3.04. The average Bonchev–Trinajstić information content (AvgIpc) is 2.23. The molecule has 0 heterocycles. The van der Waals surface area contributed by atoms with Crippen molar-refractivity contribution in [3.63, 3.8) is 0 Å². The van der Waals surface area contributed by atoms with Gasteiger partial charge in [0.05, 0.1) is 0 Å². The molecule has 1 atom stereocenters. The van der Waals surface area contributed by atoms with Crippen molar-refractivity contribution < 1.29 is 9.18 Å². The molecule has 1 amide bonds. The second kappa shape index (κ2) is 5.99. The molecule has 0 radical (unpaired) electrons. The van der Waals surface area contributed by atoms with Gasteiger partial charge in [-0.15, -0.1) is 0 Å². The average molecular weight is 288 g/mol. The third kappa shape index (κ3) is 3.93. The molecular weight excluding hydrogens is 273 g/mol. The van der Waals surface area contributed by atoms with Crippen molar-refractivity contribution >= 4 is 21.8 Å². The van der Waals surface area contributed by atoms with Gasteiger partial charge >= 0.3 is 0 Å². The standard InChI is InChI=1S/C12H15BrFNO/c1-3-10(13)7-15-12(16)9-4-8(2)5-11(14)6-9/h4-6,10H,3,7H2,1-2H3,(H,15,16). The lowest BCUT2D eigenvalue weighted by Crippen LogP contribution is -2.29. The number of benzene rings is 1. The molecule has 0 fully saturated rings. The fourth-order valence-electron chi connectivity index (χ4n) is 1.32. The molecule has 2 nitrogen and oxygen atoms in total. The fourth-order valence-corrected chi connectivity index (χ4v) is 1.48. The molecule has 0 aliphatic heterocycles. The van der Waals surface area contributed by atoms with Crippen molar-refractivity contribution in [2.24, 2.45) is 0 Å². The van der Waals surface area contributed by atoms with Gasteiger partial charge in [0, 0.05) is 16.9 Å². The second-order valence-electron chi connectivity index (χ2n) is 3.73. The van der Waals surface area contributed by atoms with Crippen molar-refractivity contribution in [2.75, 3.05) is 6.54 Å². The summed E-state index contributed by atoms with van der Waals surface area (Å²) in [7, 11) is 0. The third-order valence-electron chi connectivity index (χ3n) is 2.23. The van der Waals surface area contributed by atoms with Gasteiger partial charge in [-0.25, -0.2) is 4.39 Å². The SMILES string of the molecule is CCC(Br)CNC(=O)c1cc(C)cc(F)c1. The van der Waals surface area contributed by atoms with Crippen molar-refractivity contribution in [3.05, 3.63) is 35.1 Å². The van der Waals surface area contributed by atoms with Gasteiger partial charge in [0.1, 0.15) is 5.82 Å². The molecular formula is C12H15BrFNO. The summed E-state index contributed by atoms with van der Waals surface area (Å²) in [6, 6.07) is 4.32. The lowest BCUT2D eigenvalue weighted by Gasteiger charge is -2.09. The first-order chi connectivity index (χ1) is 7.52. The normalized spacial score (nSPS) is 12.2. The number of hydrogen-bond acceptors (Lipinski definition) is 1. The Balaban J connectivity index is 2.66. The molecule has 1 aromatic carbocycles. The summed E-state index contributed by atoms with van der Waals surface area (Å²) in [6.07, 6.45) is 0.933. The number of carbonyl (C=O) groups is 1. The molecule has 0 saturated heterocycles.